The van der Waals surface area contributed by atoms with E-state index in [1.165, 1.54) is 0 Å². The molecule has 0 bridgehead atoms. The summed E-state index contributed by atoms with van der Waals surface area (Å²) in [5, 5.41) is 34.3. The zero-order valence-corrected chi connectivity index (χ0v) is 23.8. The fraction of sp³-hybridized carbons (Fsp3) is 0.750. The highest BCUT2D eigenvalue weighted by Gasteiger charge is 2.48. The monoisotopic (exact) mass is 536 g/mol. The van der Waals surface area contributed by atoms with Crippen molar-refractivity contribution in [2.45, 2.75) is 104 Å². The number of aryl methyl sites for hydroxylation is 1. The fourth-order valence-corrected chi connectivity index (χ4v) is 6.22. The molecule has 8 nitrogen and oxygen atoms in total. The third-order valence-corrected chi connectivity index (χ3v) is 9.10. The van der Waals surface area contributed by atoms with Gasteiger partial charge in [-0.2, -0.15) is 0 Å². The van der Waals surface area contributed by atoms with Crippen LogP contribution >= 0.6 is 11.3 Å². The minimum Gasteiger partial charge on any atom is -0.458 e. The molecule has 2 aliphatic rings. The predicted octanol–water partition coefficient (Wildman–Crippen LogP) is 3.37. The Kier molecular flexibility index (Phi) is 10.1. The molecule has 37 heavy (non-hydrogen) atoms. The Labute approximate surface area is 224 Å². The third kappa shape index (κ3) is 7.26. The van der Waals surface area contributed by atoms with E-state index in [9.17, 15) is 24.9 Å². The Bertz CT molecular complexity index is 976. The highest BCUT2D eigenvalue weighted by Crippen LogP contribution is 2.39. The fourth-order valence-electron chi connectivity index (χ4n) is 5.65. The molecule has 9 heteroatoms. The van der Waals surface area contributed by atoms with Crippen LogP contribution in [0.15, 0.2) is 11.0 Å². The number of Topliss-reactive ketones (excluding diaryl/α,β-unsaturated/α-hetero) is 1. The lowest BCUT2D eigenvalue weighted by Gasteiger charge is -2.34. The Morgan fingerprint density at radius 3 is 2.57 bits per heavy atom. The summed E-state index contributed by atoms with van der Waals surface area (Å²) in [4.78, 5) is 33.1. The SMILES string of the molecule is CC(=Cc1csc(C)n1)[C@@H]1CC2[C@@H](CCCC(C)[C@H](O)C(C)C(=O)C(C)(C)C(O)CC(=O)O1)N2CCO. The number of β-amino-alcohol motifs (C(OH)–C–C–N with tert-alkyl or cyclic N) is 1. The van der Waals surface area contributed by atoms with Crippen molar-refractivity contribution in [2.75, 3.05) is 13.2 Å². The van der Waals surface area contributed by atoms with Crippen molar-refractivity contribution in [3.05, 3.63) is 21.7 Å². The van der Waals surface area contributed by atoms with Crippen LogP contribution in [-0.4, -0.2) is 80.5 Å². The molecule has 0 aliphatic carbocycles. The number of cyclic esters (lactones) is 1. The first-order valence-corrected chi connectivity index (χ1v) is 14.3. The largest absolute Gasteiger partial charge is 0.458 e. The van der Waals surface area contributed by atoms with Gasteiger partial charge in [-0.3, -0.25) is 14.5 Å². The minimum atomic E-state index is -1.24. The smallest absolute Gasteiger partial charge is 0.309 e. The van der Waals surface area contributed by atoms with Gasteiger partial charge in [0.15, 0.2) is 0 Å². The molecule has 2 fully saturated rings. The lowest BCUT2D eigenvalue weighted by Crippen LogP contribution is -2.45. The van der Waals surface area contributed by atoms with Crippen molar-refractivity contribution in [1.82, 2.24) is 9.88 Å². The highest BCUT2D eigenvalue weighted by atomic mass is 32.1. The van der Waals surface area contributed by atoms with Crippen LogP contribution in [0.4, 0.5) is 0 Å². The second kappa shape index (κ2) is 12.5. The Morgan fingerprint density at radius 1 is 1.24 bits per heavy atom. The van der Waals surface area contributed by atoms with Crippen LogP contribution in [-0.2, 0) is 14.3 Å². The van der Waals surface area contributed by atoms with Crippen LogP contribution in [0.3, 0.4) is 0 Å². The molecule has 3 rings (SSSR count). The first kappa shape index (κ1) is 29.9. The van der Waals surface area contributed by atoms with E-state index in [-0.39, 0.29) is 36.8 Å². The highest BCUT2D eigenvalue weighted by molar-refractivity contribution is 7.09. The number of aliphatic hydroxyl groups is 3. The van der Waals surface area contributed by atoms with Crippen LogP contribution in [0.5, 0.6) is 0 Å². The molecule has 3 heterocycles. The summed E-state index contributed by atoms with van der Waals surface area (Å²) in [6, 6.07) is 0.434. The summed E-state index contributed by atoms with van der Waals surface area (Å²) in [7, 11) is 0. The number of rotatable bonds is 4. The number of nitrogens with zero attached hydrogens (tertiary/aromatic N) is 2. The lowest BCUT2D eigenvalue weighted by atomic mass is 9.73. The van der Waals surface area contributed by atoms with Crippen molar-refractivity contribution in [3.8, 4) is 0 Å². The average Bonchev–Trinajstić information content (AvgIpc) is 3.29. The number of carbonyl (C=O) groups is 2. The molecule has 1 aromatic heterocycles. The van der Waals surface area contributed by atoms with Gasteiger partial charge in [0.25, 0.3) is 0 Å². The van der Waals surface area contributed by atoms with Gasteiger partial charge in [0.2, 0.25) is 0 Å². The molecule has 1 aromatic rings. The number of fused-ring (bicyclic) bond motifs is 1. The number of ether oxygens (including phenoxy) is 1. The van der Waals surface area contributed by atoms with E-state index in [0.717, 1.165) is 35.5 Å². The number of hydrogen-bond donors (Lipinski definition) is 3. The molecule has 3 N–H and O–H groups in total. The Balaban J connectivity index is 1.88. The zero-order chi connectivity index (χ0) is 27.5. The van der Waals surface area contributed by atoms with Gasteiger partial charge < -0.3 is 20.1 Å². The van der Waals surface area contributed by atoms with Gasteiger partial charge in [-0.15, -0.1) is 11.3 Å². The number of aliphatic hydroxyl groups excluding tert-OH is 3. The van der Waals surface area contributed by atoms with Gasteiger partial charge in [0.1, 0.15) is 11.9 Å². The zero-order valence-electron chi connectivity index (χ0n) is 23.0. The average molecular weight is 537 g/mol. The first-order valence-electron chi connectivity index (χ1n) is 13.4. The van der Waals surface area contributed by atoms with E-state index in [1.54, 1.807) is 32.1 Å². The van der Waals surface area contributed by atoms with Crippen LogP contribution in [0.2, 0.25) is 0 Å². The second-order valence-corrected chi connectivity index (χ2v) is 12.5. The molecule has 208 valence electrons. The Hall–Kier alpha value is -1.65. The van der Waals surface area contributed by atoms with E-state index in [0.29, 0.717) is 13.0 Å². The van der Waals surface area contributed by atoms with E-state index in [4.69, 9.17) is 4.74 Å². The summed E-state index contributed by atoms with van der Waals surface area (Å²) in [6.07, 6.45) is 2.19. The maximum Gasteiger partial charge on any atom is 0.309 e. The number of esters is 1. The number of ketones is 1. The summed E-state index contributed by atoms with van der Waals surface area (Å²) in [5.41, 5.74) is 0.467. The quantitative estimate of drug-likeness (QED) is 0.396. The molecule has 8 atom stereocenters. The minimum absolute atomic E-state index is 0.0559. The van der Waals surface area contributed by atoms with Gasteiger partial charge in [-0.1, -0.05) is 34.1 Å². The van der Waals surface area contributed by atoms with E-state index in [1.807, 2.05) is 32.2 Å². The number of aromatic nitrogens is 1. The maximum absolute atomic E-state index is 13.3. The van der Waals surface area contributed by atoms with Gasteiger partial charge in [0.05, 0.1) is 41.4 Å². The molecule has 2 saturated heterocycles. The summed E-state index contributed by atoms with van der Waals surface area (Å²) < 4.78 is 5.94. The summed E-state index contributed by atoms with van der Waals surface area (Å²) in [5.74, 6) is -1.57. The van der Waals surface area contributed by atoms with E-state index in [2.05, 4.69) is 9.88 Å². The molecule has 5 unspecified atom stereocenters. The van der Waals surface area contributed by atoms with Crippen molar-refractivity contribution in [1.29, 1.82) is 0 Å². The molecule has 0 amide bonds. The molecular formula is C28H44N2O6S. The predicted molar refractivity (Wildman–Crippen MR) is 144 cm³/mol. The molecule has 0 aromatic carbocycles. The summed E-state index contributed by atoms with van der Waals surface area (Å²) in [6.45, 7) is 11.4. The standard InChI is InChI=1S/C28H44N2O6S/c1-16-8-7-9-21-22(30(21)10-11-31)13-23(17(2)12-20-15-37-19(4)29-20)36-25(33)14-24(32)28(5,6)27(35)18(3)26(16)34/h12,15-16,18,21-24,26,31-32,34H,7-11,13-14H2,1-6H3/t16?,18?,21-,22?,23+,24?,26+,30?/m1/s1. The normalized spacial score (nSPS) is 36.1. The molecule has 0 radical (unpaired) electrons. The van der Waals surface area contributed by atoms with Crippen LogP contribution in [0.25, 0.3) is 6.08 Å². The van der Waals surface area contributed by atoms with Crippen molar-refractivity contribution < 1.29 is 29.6 Å². The van der Waals surface area contributed by atoms with Crippen molar-refractivity contribution in [3.63, 3.8) is 0 Å². The van der Waals surface area contributed by atoms with Gasteiger partial charge in [-0.25, -0.2) is 4.98 Å². The number of hydrogen-bond acceptors (Lipinski definition) is 9. The van der Waals surface area contributed by atoms with Crippen molar-refractivity contribution >= 4 is 29.2 Å². The van der Waals surface area contributed by atoms with Gasteiger partial charge in [-0.05, 0) is 44.3 Å². The first-order chi connectivity index (χ1) is 17.4. The molecular weight excluding hydrogens is 492 g/mol. The van der Waals surface area contributed by atoms with Crippen LogP contribution in [0.1, 0.15) is 77.4 Å². The van der Waals surface area contributed by atoms with Crippen LogP contribution in [0, 0.1) is 24.2 Å². The molecule has 2 aliphatic heterocycles. The summed E-state index contributed by atoms with van der Waals surface area (Å²) >= 11 is 1.55. The van der Waals surface area contributed by atoms with E-state index < -0.39 is 35.6 Å². The number of carbonyl (C=O) groups excluding carboxylic acids is 2. The Morgan fingerprint density at radius 2 is 1.95 bits per heavy atom. The maximum atomic E-state index is 13.3. The van der Waals surface area contributed by atoms with Crippen LogP contribution < -0.4 is 0 Å². The topological polar surface area (TPSA) is 120 Å². The van der Waals surface area contributed by atoms with Gasteiger partial charge in [0, 0.05) is 36.3 Å². The second-order valence-electron chi connectivity index (χ2n) is 11.5. The van der Waals surface area contributed by atoms with Crippen molar-refractivity contribution in [2.24, 2.45) is 17.3 Å². The lowest BCUT2D eigenvalue weighted by molar-refractivity contribution is -0.154. The van der Waals surface area contributed by atoms with E-state index >= 15 is 0 Å². The molecule has 0 saturated carbocycles. The third-order valence-electron chi connectivity index (χ3n) is 8.31. The molecule has 0 spiro atoms. The number of thiazole rings is 1. The van der Waals surface area contributed by atoms with Gasteiger partial charge >= 0.3 is 5.97 Å².